The predicted octanol–water partition coefficient (Wildman–Crippen LogP) is 1.59. The van der Waals surface area contributed by atoms with E-state index in [4.69, 9.17) is 10.4 Å². The Morgan fingerprint density at radius 1 is 1.16 bits per heavy atom. The van der Waals surface area contributed by atoms with E-state index in [-0.39, 0.29) is 17.7 Å². The fraction of sp³-hybridized carbons (Fsp3) is 0.111. The fourth-order valence-corrected chi connectivity index (χ4v) is 1.96. The Labute approximate surface area is 144 Å². The molecule has 25 heavy (non-hydrogen) atoms. The van der Waals surface area contributed by atoms with Crippen molar-refractivity contribution >= 4 is 11.9 Å². The molecule has 0 radical (unpaired) electrons. The van der Waals surface area contributed by atoms with Crippen molar-refractivity contribution in [1.29, 1.82) is 5.26 Å². The van der Waals surface area contributed by atoms with Crippen LogP contribution in [0.4, 0.5) is 0 Å². The summed E-state index contributed by atoms with van der Waals surface area (Å²) >= 11 is 0. The predicted molar refractivity (Wildman–Crippen MR) is 90.0 cm³/mol. The van der Waals surface area contributed by atoms with E-state index in [0.717, 1.165) is 11.1 Å². The molecule has 0 atom stereocenters. The molecule has 0 aliphatic heterocycles. The summed E-state index contributed by atoms with van der Waals surface area (Å²) in [5.41, 5.74) is 1.81. The van der Waals surface area contributed by atoms with Gasteiger partial charge in [0.15, 0.2) is 0 Å². The number of nitriles is 1. The second kappa shape index (κ2) is 8.84. The molecular formula is C18H16N4O3. The number of nitrogens with zero attached hydrogens (tertiary/aromatic N) is 2. The average Bonchev–Trinajstić information content (AvgIpc) is 2.64. The first-order valence-electron chi connectivity index (χ1n) is 7.43. The van der Waals surface area contributed by atoms with Crippen LogP contribution in [0.3, 0.4) is 0 Å². The van der Waals surface area contributed by atoms with E-state index in [1.165, 1.54) is 18.3 Å². The maximum atomic E-state index is 12.0. The van der Waals surface area contributed by atoms with Crippen LogP contribution in [0, 0.1) is 11.3 Å². The number of carboxylic acid groups (broad SMARTS) is 1. The highest BCUT2D eigenvalue weighted by Gasteiger charge is 2.08. The second-order valence-electron chi connectivity index (χ2n) is 5.10. The van der Waals surface area contributed by atoms with Crippen molar-refractivity contribution in [2.45, 2.75) is 13.1 Å². The zero-order valence-corrected chi connectivity index (χ0v) is 13.3. The van der Waals surface area contributed by atoms with Crippen molar-refractivity contribution < 1.29 is 14.7 Å². The third kappa shape index (κ3) is 5.48. The van der Waals surface area contributed by atoms with Crippen LogP contribution >= 0.6 is 0 Å². The topological polar surface area (TPSA) is 115 Å². The van der Waals surface area contributed by atoms with Gasteiger partial charge in [0.1, 0.15) is 11.6 Å². The average molecular weight is 336 g/mol. The summed E-state index contributed by atoms with van der Waals surface area (Å²) in [5.74, 6) is -1.48. The van der Waals surface area contributed by atoms with Crippen molar-refractivity contribution in [2.24, 2.45) is 0 Å². The number of aromatic nitrogens is 1. The third-order valence-electron chi connectivity index (χ3n) is 3.29. The minimum absolute atomic E-state index is 0.0500. The van der Waals surface area contributed by atoms with E-state index in [2.05, 4.69) is 15.6 Å². The maximum Gasteiger partial charge on any atom is 0.335 e. The van der Waals surface area contributed by atoms with E-state index in [1.54, 1.807) is 30.6 Å². The van der Waals surface area contributed by atoms with E-state index in [9.17, 15) is 9.59 Å². The second-order valence-corrected chi connectivity index (χ2v) is 5.10. The van der Waals surface area contributed by atoms with Crippen molar-refractivity contribution in [3.8, 4) is 6.07 Å². The lowest BCUT2D eigenvalue weighted by Gasteiger charge is -2.05. The van der Waals surface area contributed by atoms with Gasteiger partial charge in [-0.3, -0.25) is 9.78 Å². The van der Waals surface area contributed by atoms with E-state index in [1.807, 2.05) is 12.1 Å². The molecule has 0 unspecified atom stereocenters. The van der Waals surface area contributed by atoms with E-state index >= 15 is 0 Å². The Bertz CT molecular complexity index is 808. The highest BCUT2D eigenvalue weighted by Crippen LogP contribution is 2.04. The molecule has 0 fully saturated rings. The number of pyridine rings is 1. The lowest BCUT2D eigenvalue weighted by molar-refractivity contribution is -0.117. The smallest absolute Gasteiger partial charge is 0.335 e. The van der Waals surface area contributed by atoms with Crippen molar-refractivity contribution in [3.05, 3.63) is 77.3 Å². The van der Waals surface area contributed by atoms with Crippen molar-refractivity contribution in [1.82, 2.24) is 15.6 Å². The van der Waals surface area contributed by atoms with Gasteiger partial charge in [0.05, 0.1) is 5.56 Å². The van der Waals surface area contributed by atoms with Gasteiger partial charge in [0.25, 0.3) is 5.91 Å². The first-order valence-corrected chi connectivity index (χ1v) is 7.43. The normalized spacial score (nSPS) is 10.6. The highest BCUT2D eigenvalue weighted by molar-refractivity contribution is 5.97. The number of rotatable bonds is 7. The molecule has 7 heteroatoms. The van der Waals surface area contributed by atoms with Crippen LogP contribution in [0.25, 0.3) is 0 Å². The summed E-state index contributed by atoms with van der Waals surface area (Å²) in [5, 5.41) is 23.5. The highest BCUT2D eigenvalue weighted by atomic mass is 16.4. The summed E-state index contributed by atoms with van der Waals surface area (Å²) in [6, 6.07) is 11.7. The molecule has 0 spiro atoms. The number of amides is 1. The third-order valence-corrected chi connectivity index (χ3v) is 3.29. The van der Waals surface area contributed by atoms with Crippen LogP contribution in [-0.4, -0.2) is 22.0 Å². The number of nitrogens with one attached hydrogen (secondary N) is 2. The zero-order chi connectivity index (χ0) is 18.1. The fourth-order valence-electron chi connectivity index (χ4n) is 1.96. The SMILES string of the molecule is N#C/C(=C/NCc1ccc(C(=O)O)cc1)C(=O)NCc1cccnc1. The van der Waals surface area contributed by atoms with Crippen LogP contribution in [0.5, 0.6) is 0 Å². The van der Waals surface area contributed by atoms with Gasteiger partial charge in [0, 0.05) is 31.7 Å². The Hall–Kier alpha value is -3.66. The number of hydrogen-bond acceptors (Lipinski definition) is 5. The summed E-state index contributed by atoms with van der Waals surface area (Å²) in [4.78, 5) is 26.7. The molecule has 0 saturated carbocycles. The molecule has 2 aromatic rings. The van der Waals surface area contributed by atoms with E-state index < -0.39 is 11.9 Å². The number of hydrogen-bond donors (Lipinski definition) is 3. The van der Waals surface area contributed by atoms with Crippen molar-refractivity contribution in [2.75, 3.05) is 0 Å². The lowest BCUT2D eigenvalue weighted by atomic mass is 10.1. The van der Waals surface area contributed by atoms with Crippen LogP contribution < -0.4 is 10.6 Å². The molecule has 1 aromatic carbocycles. The van der Waals surface area contributed by atoms with Gasteiger partial charge < -0.3 is 15.7 Å². The first-order chi connectivity index (χ1) is 12.1. The molecule has 0 bridgehead atoms. The molecule has 0 aliphatic rings. The molecule has 2 rings (SSSR count). The summed E-state index contributed by atoms with van der Waals surface area (Å²) in [7, 11) is 0. The number of aromatic carboxylic acids is 1. The first kappa shape index (κ1) is 17.7. The molecule has 1 amide bonds. The minimum Gasteiger partial charge on any atom is -0.478 e. The number of carbonyl (C=O) groups is 2. The molecule has 1 heterocycles. The summed E-state index contributed by atoms with van der Waals surface area (Å²) < 4.78 is 0. The molecule has 126 valence electrons. The van der Waals surface area contributed by atoms with Crippen LogP contribution in [0.2, 0.25) is 0 Å². The Kier molecular flexibility index (Phi) is 6.25. The van der Waals surface area contributed by atoms with Crippen LogP contribution in [0.1, 0.15) is 21.5 Å². The van der Waals surface area contributed by atoms with Gasteiger partial charge in [-0.1, -0.05) is 18.2 Å². The molecule has 7 nitrogen and oxygen atoms in total. The molecule has 1 aromatic heterocycles. The number of carboxylic acids is 1. The monoisotopic (exact) mass is 336 g/mol. The van der Waals surface area contributed by atoms with Crippen molar-refractivity contribution in [3.63, 3.8) is 0 Å². The van der Waals surface area contributed by atoms with Crippen LogP contribution in [0.15, 0.2) is 60.6 Å². The van der Waals surface area contributed by atoms with Gasteiger partial charge in [-0.15, -0.1) is 0 Å². The minimum atomic E-state index is -0.989. The zero-order valence-electron chi connectivity index (χ0n) is 13.3. The van der Waals surface area contributed by atoms with Gasteiger partial charge in [-0.25, -0.2) is 4.79 Å². The lowest BCUT2D eigenvalue weighted by Crippen LogP contribution is -2.25. The molecular weight excluding hydrogens is 320 g/mol. The Balaban J connectivity index is 1.87. The molecule has 3 N–H and O–H groups in total. The maximum absolute atomic E-state index is 12.0. The van der Waals surface area contributed by atoms with Gasteiger partial charge >= 0.3 is 5.97 Å². The van der Waals surface area contributed by atoms with Gasteiger partial charge in [0.2, 0.25) is 0 Å². The Morgan fingerprint density at radius 3 is 2.52 bits per heavy atom. The summed E-state index contributed by atoms with van der Waals surface area (Å²) in [6.07, 6.45) is 4.61. The number of carbonyl (C=O) groups excluding carboxylic acids is 1. The summed E-state index contributed by atoms with van der Waals surface area (Å²) in [6.45, 7) is 0.642. The van der Waals surface area contributed by atoms with Crippen LogP contribution in [-0.2, 0) is 17.9 Å². The molecule has 0 aliphatic carbocycles. The Morgan fingerprint density at radius 2 is 1.92 bits per heavy atom. The van der Waals surface area contributed by atoms with Gasteiger partial charge in [-0.05, 0) is 29.3 Å². The van der Waals surface area contributed by atoms with Gasteiger partial charge in [-0.2, -0.15) is 5.26 Å². The van der Waals surface area contributed by atoms with E-state index in [0.29, 0.717) is 6.54 Å². The molecule has 0 saturated heterocycles. The quantitative estimate of drug-likeness (QED) is 0.522. The number of benzene rings is 1. The standard InChI is InChI=1S/C18H16N4O3/c19-8-16(17(23)22-11-14-2-1-7-20-10-14)12-21-9-13-3-5-15(6-4-13)18(24)25/h1-7,10,12,21H,9,11H2,(H,22,23)(H,24,25)/b16-12-. The largest absolute Gasteiger partial charge is 0.478 e.